The first kappa shape index (κ1) is 10.9. The third-order valence-electron chi connectivity index (χ3n) is 2.17. The second-order valence-corrected chi connectivity index (χ2v) is 3.60. The Morgan fingerprint density at radius 2 is 2.38 bits per heavy atom. The topological polar surface area (TPSA) is 57.0 Å². The predicted octanol–water partition coefficient (Wildman–Crippen LogP) is 1.60. The summed E-state index contributed by atoms with van der Waals surface area (Å²) in [6, 6.07) is 5.17. The summed E-state index contributed by atoms with van der Waals surface area (Å²) >= 11 is 5.62. The van der Waals surface area contributed by atoms with Crippen molar-refractivity contribution in [2.45, 2.75) is 13.0 Å². The molecule has 5 nitrogen and oxygen atoms in total. The lowest BCUT2D eigenvalue weighted by atomic mass is 10.3. The maximum absolute atomic E-state index is 10.2. The molecule has 0 bridgehead atoms. The zero-order valence-electron chi connectivity index (χ0n) is 8.47. The second-order valence-electron chi connectivity index (χ2n) is 3.22. The molecule has 1 heterocycles. The van der Waals surface area contributed by atoms with Crippen LogP contribution in [-0.2, 0) is 11.3 Å². The number of fused-ring (bicyclic) bond motifs is 1. The molecule has 0 fully saturated rings. The molecular weight excluding hydrogens is 230 g/mol. The van der Waals surface area contributed by atoms with Gasteiger partial charge >= 0.3 is 0 Å². The van der Waals surface area contributed by atoms with Gasteiger partial charge in [-0.05, 0) is 18.6 Å². The summed E-state index contributed by atoms with van der Waals surface area (Å²) in [7, 11) is 0. The molecule has 0 aliphatic rings. The van der Waals surface area contributed by atoms with Crippen LogP contribution in [0.1, 0.15) is 6.42 Å². The van der Waals surface area contributed by atoms with Crippen molar-refractivity contribution in [2.75, 3.05) is 5.88 Å². The quantitative estimate of drug-likeness (QED) is 0.587. The molecule has 0 saturated heterocycles. The van der Waals surface area contributed by atoms with Crippen molar-refractivity contribution in [2.24, 2.45) is 0 Å². The minimum atomic E-state index is 0.397. The zero-order chi connectivity index (χ0) is 11.4. The van der Waals surface area contributed by atoms with Gasteiger partial charge in [0, 0.05) is 18.5 Å². The number of ether oxygens (including phenoxy) is 1. The van der Waals surface area contributed by atoms with E-state index in [1.165, 1.54) is 0 Å². The molecule has 1 aromatic heterocycles. The highest BCUT2D eigenvalue weighted by atomic mass is 35.5. The third-order valence-corrected chi connectivity index (χ3v) is 2.44. The minimum absolute atomic E-state index is 0.397. The Bertz CT molecular complexity index is 498. The van der Waals surface area contributed by atoms with Gasteiger partial charge in [-0.15, -0.1) is 16.7 Å². The van der Waals surface area contributed by atoms with Crippen LogP contribution < -0.4 is 4.74 Å². The van der Waals surface area contributed by atoms with Gasteiger partial charge in [0.1, 0.15) is 11.3 Å². The third kappa shape index (κ3) is 2.14. The van der Waals surface area contributed by atoms with Crippen molar-refractivity contribution in [3.05, 3.63) is 18.2 Å². The highest BCUT2D eigenvalue weighted by Crippen LogP contribution is 2.18. The fraction of sp³-hybridized carbons (Fsp3) is 0.300. The normalized spacial score (nSPS) is 10.6. The SMILES string of the molecule is O=COc1ccc2nnn(CCCCl)c2c1. The lowest BCUT2D eigenvalue weighted by Gasteiger charge is -2.01. The molecule has 0 aliphatic carbocycles. The molecule has 2 rings (SSSR count). The van der Waals surface area contributed by atoms with E-state index in [9.17, 15) is 4.79 Å². The first-order valence-electron chi connectivity index (χ1n) is 4.84. The van der Waals surface area contributed by atoms with Crippen LogP contribution in [0.5, 0.6) is 5.75 Å². The molecule has 0 radical (unpaired) electrons. The minimum Gasteiger partial charge on any atom is -0.429 e. The van der Waals surface area contributed by atoms with Gasteiger partial charge in [-0.25, -0.2) is 4.68 Å². The molecule has 6 heteroatoms. The molecule has 0 unspecified atom stereocenters. The monoisotopic (exact) mass is 239 g/mol. The second kappa shape index (κ2) is 4.94. The Morgan fingerprint density at radius 3 is 3.12 bits per heavy atom. The van der Waals surface area contributed by atoms with E-state index in [0.29, 0.717) is 24.6 Å². The van der Waals surface area contributed by atoms with E-state index in [-0.39, 0.29) is 0 Å². The van der Waals surface area contributed by atoms with E-state index in [2.05, 4.69) is 10.3 Å². The molecule has 0 amide bonds. The van der Waals surface area contributed by atoms with Gasteiger partial charge in [0.25, 0.3) is 6.47 Å². The highest BCUT2D eigenvalue weighted by molar-refractivity contribution is 6.17. The Kier molecular flexibility index (Phi) is 3.36. The number of nitrogens with zero attached hydrogens (tertiary/aromatic N) is 3. The average Bonchev–Trinajstić information content (AvgIpc) is 2.69. The fourth-order valence-electron chi connectivity index (χ4n) is 1.45. The van der Waals surface area contributed by atoms with Crippen LogP contribution in [0, 0.1) is 0 Å². The lowest BCUT2D eigenvalue weighted by Crippen LogP contribution is -2.00. The summed E-state index contributed by atoms with van der Waals surface area (Å²) in [6.07, 6.45) is 0.818. The average molecular weight is 240 g/mol. The van der Waals surface area contributed by atoms with Crippen LogP contribution in [0.25, 0.3) is 11.0 Å². The van der Waals surface area contributed by atoms with Gasteiger partial charge in [0.2, 0.25) is 0 Å². The van der Waals surface area contributed by atoms with Gasteiger partial charge in [0.15, 0.2) is 0 Å². The summed E-state index contributed by atoms with van der Waals surface area (Å²) < 4.78 is 6.51. The van der Waals surface area contributed by atoms with Crippen LogP contribution in [0.15, 0.2) is 18.2 Å². The number of carbonyl (C=O) groups is 1. The van der Waals surface area contributed by atoms with E-state index >= 15 is 0 Å². The van der Waals surface area contributed by atoms with Gasteiger partial charge in [-0.3, -0.25) is 4.79 Å². The van der Waals surface area contributed by atoms with Gasteiger partial charge < -0.3 is 4.74 Å². The standard InChI is InChI=1S/C10H10ClN3O2/c11-4-1-5-14-10-6-8(16-7-15)2-3-9(10)12-13-14/h2-3,6-7H,1,4-5H2. The first-order chi connectivity index (χ1) is 7.85. The molecule has 0 N–H and O–H groups in total. The predicted molar refractivity (Wildman–Crippen MR) is 59.6 cm³/mol. The summed E-state index contributed by atoms with van der Waals surface area (Å²) in [6.45, 7) is 1.10. The molecular formula is C10H10ClN3O2. The van der Waals surface area contributed by atoms with Crippen molar-refractivity contribution in [3.8, 4) is 5.75 Å². The van der Waals surface area contributed by atoms with Crippen molar-refractivity contribution in [1.82, 2.24) is 15.0 Å². The maximum Gasteiger partial charge on any atom is 0.298 e. The highest BCUT2D eigenvalue weighted by Gasteiger charge is 2.05. The molecule has 1 aromatic carbocycles. The maximum atomic E-state index is 10.2. The molecule has 84 valence electrons. The van der Waals surface area contributed by atoms with Crippen LogP contribution in [0.2, 0.25) is 0 Å². The zero-order valence-corrected chi connectivity index (χ0v) is 9.22. The number of rotatable bonds is 5. The number of benzene rings is 1. The summed E-state index contributed by atoms with van der Waals surface area (Å²) in [5, 5.41) is 8.00. The van der Waals surface area contributed by atoms with Crippen LogP contribution in [0.3, 0.4) is 0 Å². The lowest BCUT2D eigenvalue weighted by molar-refractivity contribution is -0.120. The van der Waals surface area contributed by atoms with Gasteiger partial charge in [-0.1, -0.05) is 5.21 Å². The van der Waals surface area contributed by atoms with Crippen LogP contribution in [0.4, 0.5) is 0 Å². The number of halogens is 1. The van der Waals surface area contributed by atoms with Crippen molar-refractivity contribution >= 4 is 29.1 Å². The van der Waals surface area contributed by atoms with Crippen molar-refractivity contribution in [3.63, 3.8) is 0 Å². The number of aryl methyl sites for hydroxylation is 1. The van der Waals surface area contributed by atoms with E-state index in [1.54, 1.807) is 22.9 Å². The van der Waals surface area contributed by atoms with Gasteiger partial charge in [0.05, 0.1) is 5.52 Å². The molecule has 16 heavy (non-hydrogen) atoms. The van der Waals surface area contributed by atoms with Crippen molar-refractivity contribution in [1.29, 1.82) is 0 Å². The molecule has 0 atom stereocenters. The van der Waals surface area contributed by atoms with E-state index in [0.717, 1.165) is 17.5 Å². The number of hydrogen-bond donors (Lipinski definition) is 0. The van der Waals surface area contributed by atoms with Gasteiger partial charge in [-0.2, -0.15) is 0 Å². The molecule has 0 saturated carbocycles. The summed E-state index contributed by atoms with van der Waals surface area (Å²) in [5.41, 5.74) is 1.61. The Hall–Kier alpha value is -1.62. The Morgan fingerprint density at radius 1 is 1.50 bits per heavy atom. The Balaban J connectivity index is 2.35. The largest absolute Gasteiger partial charge is 0.429 e. The Labute approximate surface area is 96.9 Å². The number of carbonyl (C=O) groups excluding carboxylic acids is 1. The first-order valence-corrected chi connectivity index (χ1v) is 5.38. The molecule has 2 aromatic rings. The number of hydrogen-bond acceptors (Lipinski definition) is 4. The number of alkyl halides is 1. The fourth-order valence-corrected chi connectivity index (χ4v) is 1.57. The number of aromatic nitrogens is 3. The molecule has 0 aliphatic heterocycles. The smallest absolute Gasteiger partial charge is 0.298 e. The summed E-state index contributed by atoms with van der Waals surface area (Å²) in [4.78, 5) is 10.2. The summed E-state index contributed by atoms with van der Waals surface area (Å²) in [5.74, 6) is 1.06. The van der Waals surface area contributed by atoms with E-state index in [1.807, 2.05) is 0 Å². The molecule has 0 spiro atoms. The van der Waals surface area contributed by atoms with E-state index < -0.39 is 0 Å². The van der Waals surface area contributed by atoms with E-state index in [4.69, 9.17) is 16.3 Å². The van der Waals surface area contributed by atoms with Crippen LogP contribution in [-0.4, -0.2) is 27.3 Å². The van der Waals surface area contributed by atoms with Crippen LogP contribution >= 0.6 is 11.6 Å². The van der Waals surface area contributed by atoms with Crippen molar-refractivity contribution < 1.29 is 9.53 Å².